The molecular formula is C19H22ClNOS. The number of hydrogen-bond donors (Lipinski definition) is 1. The fourth-order valence-corrected chi connectivity index (χ4v) is 3.37. The highest BCUT2D eigenvalue weighted by Gasteiger charge is 2.07. The molecule has 122 valence electrons. The normalized spacial score (nSPS) is 10.6. The molecule has 4 heteroatoms. The Morgan fingerprint density at radius 3 is 2.39 bits per heavy atom. The van der Waals surface area contributed by atoms with Crippen LogP contribution in [-0.4, -0.2) is 11.7 Å². The zero-order valence-electron chi connectivity index (χ0n) is 13.6. The first-order chi connectivity index (χ1) is 11.1. The lowest BCUT2D eigenvalue weighted by atomic mass is 10.1. The van der Waals surface area contributed by atoms with Crippen molar-refractivity contribution in [2.75, 3.05) is 11.1 Å². The third kappa shape index (κ3) is 5.92. The highest BCUT2D eigenvalue weighted by molar-refractivity contribution is 7.98. The van der Waals surface area contributed by atoms with E-state index in [2.05, 4.69) is 5.32 Å². The second-order valence-electron chi connectivity index (χ2n) is 5.60. The predicted molar refractivity (Wildman–Crippen MR) is 101 cm³/mol. The highest BCUT2D eigenvalue weighted by atomic mass is 35.5. The summed E-state index contributed by atoms with van der Waals surface area (Å²) in [6, 6.07) is 14.0. The van der Waals surface area contributed by atoms with Gasteiger partial charge in [-0.05, 0) is 54.8 Å². The first-order valence-corrected chi connectivity index (χ1v) is 9.28. The summed E-state index contributed by atoms with van der Waals surface area (Å²) in [7, 11) is 0. The maximum atomic E-state index is 12.1. The SMILES string of the molecule is Cc1cccc(C)c1NC(=O)CCCSCc1ccc(Cl)cc1. The largest absolute Gasteiger partial charge is 0.326 e. The van der Waals surface area contributed by atoms with E-state index in [4.69, 9.17) is 11.6 Å². The summed E-state index contributed by atoms with van der Waals surface area (Å²) in [6.07, 6.45) is 1.44. The Labute approximate surface area is 147 Å². The lowest BCUT2D eigenvalue weighted by molar-refractivity contribution is -0.116. The van der Waals surface area contributed by atoms with Gasteiger partial charge in [-0.2, -0.15) is 11.8 Å². The van der Waals surface area contributed by atoms with Gasteiger partial charge in [-0.1, -0.05) is 41.9 Å². The third-order valence-corrected chi connectivity index (χ3v) is 4.99. The lowest BCUT2D eigenvalue weighted by Crippen LogP contribution is -2.13. The standard InChI is InChI=1S/C19H22ClNOS/c1-14-5-3-6-15(2)19(14)21-18(22)7-4-12-23-13-16-8-10-17(20)11-9-16/h3,5-6,8-11H,4,7,12-13H2,1-2H3,(H,21,22). The van der Waals surface area contributed by atoms with Crippen molar-refractivity contribution in [3.8, 4) is 0 Å². The molecule has 0 saturated carbocycles. The van der Waals surface area contributed by atoms with Crippen LogP contribution in [-0.2, 0) is 10.5 Å². The second-order valence-corrected chi connectivity index (χ2v) is 7.14. The summed E-state index contributed by atoms with van der Waals surface area (Å²) in [5, 5.41) is 3.80. The van der Waals surface area contributed by atoms with E-state index in [1.54, 1.807) is 0 Å². The molecule has 0 heterocycles. The number of thioether (sulfide) groups is 1. The second kappa shape index (κ2) is 8.99. The van der Waals surface area contributed by atoms with Gasteiger partial charge in [0, 0.05) is 22.9 Å². The molecule has 0 aliphatic carbocycles. The minimum Gasteiger partial charge on any atom is -0.326 e. The zero-order chi connectivity index (χ0) is 16.7. The average Bonchev–Trinajstić information content (AvgIpc) is 2.52. The number of carbonyl (C=O) groups is 1. The Kier molecular flexibility index (Phi) is 7.00. The fraction of sp³-hybridized carbons (Fsp3) is 0.316. The summed E-state index contributed by atoms with van der Waals surface area (Å²) in [4.78, 5) is 12.1. The molecule has 2 aromatic rings. The number of rotatable bonds is 7. The minimum absolute atomic E-state index is 0.0921. The molecular weight excluding hydrogens is 326 g/mol. The van der Waals surface area contributed by atoms with Crippen molar-refractivity contribution in [2.45, 2.75) is 32.4 Å². The Balaban J connectivity index is 1.68. The molecule has 0 spiro atoms. The van der Waals surface area contributed by atoms with Crippen LogP contribution in [0.2, 0.25) is 5.02 Å². The van der Waals surface area contributed by atoms with Gasteiger partial charge in [0.25, 0.3) is 0 Å². The maximum absolute atomic E-state index is 12.1. The molecule has 23 heavy (non-hydrogen) atoms. The molecule has 2 rings (SSSR count). The van der Waals surface area contributed by atoms with Crippen LogP contribution in [0.1, 0.15) is 29.5 Å². The number of amides is 1. The number of halogens is 1. The fourth-order valence-electron chi connectivity index (χ4n) is 2.32. The van der Waals surface area contributed by atoms with Gasteiger partial charge >= 0.3 is 0 Å². The van der Waals surface area contributed by atoms with Crippen molar-refractivity contribution < 1.29 is 4.79 Å². The number of anilines is 1. The summed E-state index contributed by atoms with van der Waals surface area (Å²) in [6.45, 7) is 4.04. The summed E-state index contributed by atoms with van der Waals surface area (Å²) >= 11 is 7.71. The molecule has 0 saturated heterocycles. The summed E-state index contributed by atoms with van der Waals surface area (Å²) in [5.41, 5.74) is 4.43. The number of nitrogens with one attached hydrogen (secondary N) is 1. The summed E-state index contributed by atoms with van der Waals surface area (Å²) < 4.78 is 0. The molecule has 0 radical (unpaired) electrons. The number of para-hydroxylation sites is 1. The molecule has 0 fully saturated rings. The van der Waals surface area contributed by atoms with E-state index >= 15 is 0 Å². The van der Waals surface area contributed by atoms with E-state index in [1.165, 1.54) is 5.56 Å². The van der Waals surface area contributed by atoms with E-state index < -0.39 is 0 Å². The molecule has 2 aromatic carbocycles. The maximum Gasteiger partial charge on any atom is 0.224 e. The van der Waals surface area contributed by atoms with E-state index in [1.807, 2.05) is 68.1 Å². The Hall–Kier alpha value is -1.45. The Morgan fingerprint density at radius 2 is 1.74 bits per heavy atom. The van der Waals surface area contributed by atoms with Crippen molar-refractivity contribution in [3.63, 3.8) is 0 Å². The van der Waals surface area contributed by atoms with Gasteiger partial charge in [-0.3, -0.25) is 4.79 Å². The van der Waals surface area contributed by atoms with Crippen LogP contribution in [0.5, 0.6) is 0 Å². The topological polar surface area (TPSA) is 29.1 Å². The van der Waals surface area contributed by atoms with E-state index in [-0.39, 0.29) is 5.91 Å². The van der Waals surface area contributed by atoms with Crippen LogP contribution >= 0.6 is 23.4 Å². The number of carbonyl (C=O) groups excluding carboxylic acids is 1. The lowest BCUT2D eigenvalue weighted by Gasteiger charge is -2.11. The van der Waals surface area contributed by atoms with Crippen LogP contribution in [0.4, 0.5) is 5.69 Å². The quantitative estimate of drug-likeness (QED) is 0.659. The van der Waals surface area contributed by atoms with Gasteiger partial charge in [-0.25, -0.2) is 0 Å². The van der Waals surface area contributed by atoms with Gasteiger partial charge < -0.3 is 5.32 Å². The molecule has 1 amide bonds. The van der Waals surface area contributed by atoms with E-state index in [0.717, 1.165) is 39.8 Å². The zero-order valence-corrected chi connectivity index (χ0v) is 15.1. The monoisotopic (exact) mass is 347 g/mol. The van der Waals surface area contributed by atoms with Crippen LogP contribution < -0.4 is 5.32 Å². The van der Waals surface area contributed by atoms with Gasteiger partial charge in [0.05, 0.1) is 0 Å². The molecule has 0 aromatic heterocycles. The molecule has 2 nitrogen and oxygen atoms in total. The first-order valence-electron chi connectivity index (χ1n) is 7.74. The van der Waals surface area contributed by atoms with Gasteiger partial charge in [-0.15, -0.1) is 0 Å². The van der Waals surface area contributed by atoms with E-state index in [9.17, 15) is 4.79 Å². The molecule has 0 unspecified atom stereocenters. The number of aryl methyl sites for hydroxylation is 2. The van der Waals surface area contributed by atoms with Crippen LogP contribution in [0.15, 0.2) is 42.5 Å². The molecule has 0 atom stereocenters. The van der Waals surface area contributed by atoms with Crippen molar-refractivity contribution in [3.05, 3.63) is 64.2 Å². The van der Waals surface area contributed by atoms with Crippen molar-refractivity contribution >= 4 is 35.0 Å². The van der Waals surface area contributed by atoms with Gasteiger partial charge in [0.15, 0.2) is 0 Å². The molecule has 0 aliphatic heterocycles. The Bertz CT molecular complexity index is 635. The molecule has 0 bridgehead atoms. The number of hydrogen-bond acceptors (Lipinski definition) is 2. The number of benzene rings is 2. The van der Waals surface area contributed by atoms with Crippen molar-refractivity contribution in [1.82, 2.24) is 0 Å². The molecule has 1 N–H and O–H groups in total. The minimum atomic E-state index is 0.0921. The van der Waals surface area contributed by atoms with E-state index in [0.29, 0.717) is 6.42 Å². The van der Waals surface area contributed by atoms with Crippen molar-refractivity contribution in [2.24, 2.45) is 0 Å². The predicted octanol–water partition coefficient (Wildman–Crippen LogP) is 5.61. The Morgan fingerprint density at radius 1 is 1.09 bits per heavy atom. The van der Waals surface area contributed by atoms with Gasteiger partial charge in [0.1, 0.15) is 0 Å². The van der Waals surface area contributed by atoms with Gasteiger partial charge in [0.2, 0.25) is 5.91 Å². The highest BCUT2D eigenvalue weighted by Crippen LogP contribution is 2.20. The van der Waals surface area contributed by atoms with Crippen molar-refractivity contribution in [1.29, 1.82) is 0 Å². The van der Waals surface area contributed by atoms with Crippen LogP contribution in [0, 0.1) is 13.8 Å². The molecule has 0 aliphatic rings. The summed E-state index contributed by atoms with van der Waals surface area (Å²) in [5.74, 6) is 2.02. The third-order valence-electron chi connectivity index (χ3n) is 3.62. The van der Waals surface area contributed by atoms with Crippen LogP contribution in [0.3, 0.4) is 0 Å². The average molecular weight is 348 g/mol. The smallest absolute Gasteiger partial charge is 0.224 e. The first kappa shape index (κ1) is 17.9. The van der Waals surface area contributed by atoms with Crippen LogP contribution in [0.25, 0.3) is 0 Å².